The summed E-state index contributed by atoms with van der Waals surface area (Å²) in [5.74, 6) is -0.253. The van der Waals surface area contributed by atoms with Gasteiger partial charge in [-0.1, -0.05) is 24.3 Å². The Hall–Kier alpha value is -1.52. The molecule has 1 aromatic heterocycles. The molecule has 0 fully saturated rings. The van der Waals surface area contributed by atoms with Crippen LogP contribution >= 0.6 is 27.3 Å². The number of aromatic nitrogens is 1. The van der Waals surface area contributed by atoms with Crippen LogP contribution in [0.15, 0.2) is 46.9 Å². The first-order valence-electron chi connectivity index (χ1n) is 5.71. The molecule has 0 saturated heterocycles. The molecule has 3 aromatic rings. The molecule has 0 atom stereocenters. The summed E-state index contributed by atoms with van der Waals surface area (Å²) < 4.78 is 14.8. The molecule has 0 saturated carbocycles. The van der Waals surface area contributed by atoms with Crippen LogP contribution in [0.3, 0.4) is 0 Å². The Morgan fingerprint density at radius 1 is 1.11 bits per heavy atom. The smallest absolute Gasteiger partial charge is 0.137 e. The highest BCUT2D eigenvalue weighted by atomic mass is 79.9. The summed E-state index contributed by atoms with van der Waals surface area (Å²) >= 11 is 4.82. The third-order valence-electron chi connectivity index (χ3n) is 2.67. The van der Waals surface area contributed by atoms with Crippen molar-refractivity contribution in [2.45, 2.75) is 0 Å². The number of rotatable bonds is 2. The van der Waals surface area contributed by atoms with Gasteiger partial charge in [-0.25, -0.2) is 9.37 Å². The van der Waals surface area contributed by atoms with Crippen LogP contribution in [0.4, 0.5) is 4.39 Å². The lowest BCUT2D eigenvalue weighted by Crippen LogP contribution is -1.78. The van der Waals surface area contributed by atoms with Gasteiger partial charge in [0.25, 0.3) is 0 Å². The highest BCUT2D eigenvalue weighted by Gasteiger charge is 2.00. The van der Waals surface area contributed by atoms with Gasteiger partial charge < -0.3 is 0 Å². The van der Waals surface area contributed by atoms with Crippen LogP contribution in [0.1, 0.15) is 10.6 Å². The summed E-state index contributed by atoms with van der Waals surface area (Å²) in [4.78, 5) is 4.51. The minimum atomic E-state index is -0.253. The molecule has 94 valence electrons. The van der Waals surface area contributed by atoms with Crippen LogP contribution in [0.2, 0.25) is 0 Å². The van der Waals surface area contributed by atoms with Crippen molar-refractivity contribution in [2.24, 2.45) is 0 Å². The van der Waals surface area contributed by atoms with Crippen molar-refractivity contribution < 1.29 is 4.39 Å². The fourth-order valence-electron chi connectivity index (χ4n) is 1.74. The lowest BCUT2D eigenvalue weighted by atomic mass is 10.2. The van der Waals surface area contributed by atoms with Crippen LogP contribution < -0.4 is 0 Å². The molecule has 0 unspecified atom stereocenters. The number of hydrogen-bond acceptors (Lipinski definition) is 2. The third kappa shape index (κ3) is 2.74. The van der Waals surface area contributed by atoms with Crippen LogP contribution in [0, 0.1) is 5.82 Å². The van der Waals surface area contributed by atoms with E-state index in [2.05, 4.69) is 27.0 Å². The highest BCUT2D eigenvalue weighted by Crippen LogP contribution is 2.24. The maximum absolute atomic E-state index is 13.1. The SMILES string of the molecule is Fc1ccc(/C=C/c2nc3ccccc3s2)cc1Br. The summed E-state index contributed by atoms with van der Waals surface area (Å²) in [6, 6.07) is 13.0. The van der Waals surface area contributed by atoms with Gasteiger partial charge in [-0.15, -0.1) is 11.3 Å². The average molecular weight is 334 g/mol. The lowest BCUT2D eigenvalue weighted by Gasteiger charge is -1.96. The molecular weight excluding hydrogens is 325 g/mol. The molecular formula is C15H9BrFNS. The number of benzene rings is 2. The highest BCUT2D eigenvalue weighted by molar-refractivity contribution is 9.10. The number of para-hydroxylation sites is 1. The first kappa shape index (κ1) is 12.5. The molecule has 4 heteroatoms. The maximum atomic E-state index is 13.1. The molecule has 0 N–H and O–H groups in total. The summed E-state index contributed by atoms with van der Waals surface area (Å²) in [7, 11) is 0. The van der Waals surface area contributed by atoms with Gasteiger partial charge in [-0.3, -0.25) is 0 Å². The second-order valence-corrected chi connectivity index (χ2v) is 5.94. The second kappa shape index (κ2) is 5.23. The van der Waals surface area contributed by atoms with Gasteiger partial charge in [0, 0.05) is 0 Å². The van der Waals surface area contributed by atoms with E-state index in [9.17, 15) is 4.39 Å². The fraction of sp³-hybridized carbons (Fsp3) is 0. The predicted molar refractivity (Wildman–Crippen MR) is 82.6 cm³/mol. The van der Waals surface area contributed by atoms with E-state index in [-0.39, 0.29) is 5.82 Å². The monoisotopic (exact) mass is 333 g/mol. The molecule has 0 aliphatic carbocycles. The number of hydrogen-bond donors (Lipinski definition) is 0. The average Bonchev–Trinajstić information content (AvgIpc) is 2.83. The number of fused-ring (bicyclic) bond motifs is 1. The Balaban J connectivity index is 1.91. The van der Waals surface area contributed by atoms with Crippen molar-refractivity contribution >= 4 is 49.6 Å². The molecule has 0 aliphatic heterocycles. The van der Waals surface area contributed by atoms with Crippen molar-refractivity contribution in [1.29, 1.82) is 0 Å². The minimum Gasteiger partial charge on any atom is -0.237 e. The van der Waals surface area contributed by atoms with E-state index < -0.39 is 0 Å². The summed E-state index contributed by atoms with van der Waals surface area (Å²) in [6.45, 7) is 0. The molecule has 1 nitrogen and oxygen atoms in total. The van der Waals surface area contributed by atoms with Gasteiger partial charge in [-0.05, 0) is 51.8 Å². The van der Waals surface area contributed by atoms with Gasteiger partial charge in [-0.2, -0.15) is 0 Å². The molecule has 19 heavy (non-hydrogen) atoms. The molecule has 0 radical (unpaired) electrons. The second-order valence-electron chi connectivity index (χ2n) is 4.03. The number of thiazole rings is 1. The van der Waals surface area contributed by atoms with Gasteiger partial charge in [0.1, 0.15) is 10.8 Å². The zero-order valence-electron chi connectivity index (χ0n) is 9.81. The topological polar surface area (TPSA) is 12.9 Å². The molecule has 3 rings (SSSR count). The van der Waals surface area contributed by atoms with Crippen molar-refractivity contribution in [3.63, 3.8) is 0 Å². The molecule has 0 aliphatic rings. The molecule has 0 spiro atoms. The molecule has 0 bridgehead atoms. The van der Waals surface area contributed by atoms with E-state index in [0.29, 0.717) is 4.47 Å². The van der Waals surface area contributed by atoms with E-state index in [1.54, 1.807) is 23.5 Å². The van der Waals surface area contributed by atoms with Crippen molar-refractivity contribution in [3.8, 4) is 0 Å². The van der Waals surface area contributed by atoms with Gasteiger partial charge in [0.2, 0.25) is 0 Å². The molecule has 0 amide bonds. The number of nitrogens with zero attached hydrogens (tertiary/aromatic N) is 1. The summed E-state index contributed by atoms with van der Waals surface area (Å²) in [5, 5.41) is 0.946. The maximum Gasteiger partial charge on any atom is 0.137 e. The van der Waals surface area contributed by atoms with Crippen LogP contribution in [-0.2, 0) is 0 Å². The van der Waals surface area contributed by atoms with E-state index in [1.165, 1.54) is 10.8 Å². The summed E-state index contributed by atoms with van der Waals surface area (Å²) in [5.41, 5.74) is 1.94. The van der Waals surface area contributed by atoms with E-state index >= 15 is 0 Å². The lowest BCUT2D eigenvalue weighted by molar-refractivity contribution is 0.621. The zero-order chi connectivity index (χ0) is 13.2. The van der Waals surface area contributed by atoms with Gasteiger partial charge in [0.15, 0.2) is 0 Å². The normalized spacial score (nSPS) is 11.5. The van der Waals surface area contributed by atoms with Crippen LogP contribution in [0.25, 0.3) is 22.4 Å². The zero-order valence-corrected chi connectivity index (χ0v) is 12.2. The van der Waals surface area contributed by atoms with Crippen molar-refractivity contribution in [2.75, 3.05) is 0 Å². The van der Waals surface area contributed by atoms with Gasteiger partial charge in [0.05, 0.1) is 14.7 Å². The quantitative estimate of drug-likeness (QED) is 0.614. The van der Waals surface area contributed by atoms with Crippen LogP contribution in [-0.4, -0.2) is 4.98 Å². The minimum absolute atomic E-state index is 0.253. The van der Waals surface area contributed by atoms with E-state index in [4.69, 9.17) is 0 Å². The largest absolute Gasteiger partial charge is 0.237 e. The van der Waals surface area contributed by atoms with E-state index in [1.807, 2.05) is 30.4 Å². The van der Waals surface area contributed by atoms with Crippen LogP contribution in [0.5, 0.6) is 0 Å². The fourth-order valence-corrected chi connectivity index (χ4v) is 3.01. The van der Waals surface area contributed by atoms with Crippen molar-refractivity contribution in [3.05, 3.63) is 63.3 Å². The Kier molecular flexibility index (Phi) is 3.44. The predicted octanol–water partition coefficient (Wildman–Crippen LogP) is 5.37. The van der Waals surface area contributed by atoms with Crippen molar-refractivity contribution in [1.82, 2.24) is 4.98 Å². The first-order valence-corrected chi connectivity index (χ1v) is 7.32. The third-order valence-corrected chi connectivity index (χ3v) is 4.28. The Labute approximate surface area is 122 Å². The Morgan fingerprint density at radius 3 is 2.74 bits per heavy atom. The molecule has 2 aromatic carbocycles. The Bertz CT molecular complexity index is 731. The number of halogens is 2. The van der Waals surface area contributed by atoms with Gasteiger partial charge >= 0.3 is 0 Å². The van der Waals surface area contributed by atoms with E-state index in [0.717, 1.165) is 16.1 Å². The first-order chi connectivity index (χ1) is 9.22. The Morgan fingerprint density at radius 2 is 1.95 bits per heavy atom. The molecule has 1 heterocycles. The standard InChI is InChI=1S/C15H9BrFNS/c16-11-9-10(5-7-12(11)17)6-8-15-18-13-3-1-2-4-14(13)19-15/h1-9H/b8-6+. The summed E-state index contributed by atoms with van der Waals surface area (Å²) in [6.07, 6.45) is 3.88.